The van der Waals surface area contributed by atoms with Crippen LogP contribution in [0.5, 0.6) is 0 Å². The van der Waals surface area contributed by atoms with Crippen molar-refractivity contribution >= 4 is 0 Å². The second-order valence-electron chi connectivity index (χ2n) is 4.08. The number of hydrogen-bond donors (Lipinski definition) is 2. The third-order valence-electron chi connectivity index (χ3n) is 1.72. The zero-order valence-electron chi connectivity index (χ0n) is 9.15. The van der Waals surface area contributed by atoms with E-state index in [9.17, 15) is 0 Å². The Hall–Kier alpha value is -0.0800. The summed E-state index contributed by atoms with van der Waals surface area (Å²) in [4.78, 5) is 0. The van der Waals surface area contributed by atoms with Gasteiger partial charge >= 0.3 is 0 Å². The van der Waals surface area contributed by atoms with E-state index >= 15 is 0 Å². The lowest BCUT2D eigenvalue weighted by Gasteiger charge is -2.22. The monoisotopic (exact) mass is 172 g/mol. The topological polar surface area (TPSA) is 24.1 Å². The van der Waals surface area contributed by atoms with Crippen LogP contribution in [0, 0.1) is 5.92 Å². The summed E-state index contributed by atoms with van der Waals surface area (Å²) in [5.41, 5.74) is 0. The van der Waals surface area contributed by atoms with E-state index in [1.165, 1.54) is 0 Å². The summed E-state index contributed by atoms with van der Waals surface area (Å²) in [5.74, 6) is 0.730. The van der Waals surface area contributed by atoms with Crippen molar-refractivity contribution in [3.63, 3.8) is 0 Å². The Labute approximate surface area is 77.1 Å². The molecule has 0 aliphatic heterocycles. The van der Waals surface area contributed by atoms with Gasteiger partial charge in [-0.05, 0) is 32.7 Å². The first kappa shape index (κ1) is 11.9. The van der Waals surface area contributed by atoms with Gasteiger partial charge in [-0.1, -0.05) is 20.8 Å². The van der Waals surface area contributed by atoms with E-state index < -0.39 is 0 Å². The van der Waals surface area contributed by atoms with Crippen LogP contribution in [0.4, 0.5) is 0 Å². The van der Waals surface area contributed by atoms with Crippen molar-refractivity contribution in [2.45, 2.75) is 53.2 Å². The minimum Gasteiger partial charge on any atom is -0.302 e. The van der Waals surface area contributed by atoms with Crippen LogP contribution in [0.3, 0.4) is 0 Å². The van der Waals surface area contributed by atoms with E-state index in [1.54, 1.807) is 0 Å². The van der Waals surface area contributed by atoms with Gasteiger partial charge in [-0.3, -0.25) is 5.32 Å². The molecule has 0 radical (unpaired) electrons. The van der Waals surface area contributed by atoms with Crippen LogP contribution in [-0.2, 0) is 0 Å². The van der Waals surface area contributed by atoms with Crippen molar-refractivity contribution in [3.05, 3.63) is 0 Å². The molecule has 0 rings (SSSR count). The van der Waals surface area contributed by atoms with E-state index in [4.69, 9.17) is 0 Å². The SMILES string of the molecule is CCC(NCC(C)C)NC(C)C. The third kappa shape index (κ3) is 6.62. The van der Waals surface area contributed by atoms with Crippen molar-refractivity contribution in [2.75, 3.05) is 6.54 Å². The van der Waals surface area contributed by atoms with Crippen LogP contribution in [0.25, 0.3) is 0 Å². The molecule has 0 aliphatic carbocycles. The molecule has 2 nitrogen and oxygen atoms in total. The predicted octanol–water partition coefficient (Wildman–Crippen LogP) is 1.97. The zero-order chi connectivity index (χ0) is 9.56. The average Bonchev–Trinajstić information content (AvgIpc) is 1.97. The average molecular weight is 172 g/mol. The maximum absolute atomic E-state index is 3.49. The molecule has 0 heterocycles. The number of nitrogens with one attached hydrogen (secondary N) is 2. The Morgan fingerprint density at radius 3 is 2.00 bits per heavy atom. The molecule has 0 saturated heterocycles. The van der Waals surface area contributed by atoms with Crippen LogP contribution in [0.15, 0.2) is 0 Å². The summed E-state index contributed by atoms with van der Waals surface area (Å²) < 4.78 is 0. The van der Waals surface area contributed by atoms with Crippen molar-refractivity contribution in [2.24, 2.45) is 5.92 Å². The lowest BCUT2D eigenvalue weighted by Crippen LogP contribution is -2.46. The van der Waals surface area contributed by atoms with Crippen molar-refractivity contribution in [3.8, 4) is 0 Å². The van der Waals surface area contributed by atoms with E-state index in [2.05, 4.69) is 45.3 Å². The van der Waals surface area contributed by atoms with Crippen LogP contribution in [0.2, 0.25) is 0 Å². The lowest BCUT2D eigenvalue weighted by molar-refractivity contribution is 0.364. The zero-order valence-corrected chi connectivity index (χ0v) is 9.15. The Kier molecular flexibility index (Phi) is 6.39. The highest BCUT2D eigenvalue weighted by molar-refractivity contribution is 4.65. The normalized spacial score (nSPS) is 14.2. The molecular weight excluding hydrogens is 148 g/mol. The van der Waals surface area contributed by atoms with E-state index in [0.717, 1.165) is 18.9 Å². The highest BCUT2D eigenvalue weighted by Crippen LogP contribution is 1.93. The molecule has 0 amide bonds. The third-order valence-corrected chi connectivity index (χ3v) is 1.72. The highest BCUT2D eigenvalue weighted by Gasteiger charge is 2.06. The standard InChI is InChI=1S/C10H24N2/c1-6-10(12-9(4)5)11-7-8(2)3/h8-12H,6-7H2,1-5H3. The Balaban J connectivity index is 3.53. The van der Waals surface area contributed by atoms with Crippen LogP contribution in [0.1, 0.15) is 41.0 Å². The Morgan fingerprint density at radius 2 is 1.67 bits per heavy atom. The Bertz CT molecular complexity index is 100. The first-order valence-electron chi connectivity index (χ1n) is 5.05. The van der Waals surface area contributed by atoms with Gasteiger partial charge in [0.2, 0.25) is 0 Å². The largest absolute Gasteiger partial charge is 0.302 e. The smallest absolute Gasteiger partial charge is 0.0571 e. The van der Waals surface area contributed by atoms with Gasteiger partial charge in [0, 0.05) is 6.04 Å². The van der Waals surface area contributed by atoms with Gasteiger partial charge in [0.25, 0.3) is 0 Å². The second kappa shape index (κ2) is 6.44. The van der Waals surface area contributed by atoms with E-state index in [1.807, 2.05) is 0 Å². The first-order chi connectivity index (χ1) is 5.56. The molecule has 1 unspecified atom stereocenters. The molecule has 0 aromatic heterocycles. The minimum atomic E-state index is 0.479. The van der Waals surface area contributed by atoms with E-state index in [0.29, 0.717) is 12.2 Å². The fraction of sp³-hybridized carbons (Fsp3) is 1.00. The molecule has 1 atom stereocenters. The van der Waals surface area contributed by atoms with Gasteiger partial charge in [-0.25, -0.2) is 0 Å². The summed E-state index contributed by atoms with van der Waals surface area (Å²) in [7, 11) is 0. The molecule has 12 heavy (non-hydrogen) atoms. The Morgan fingerprint density at radius 1 is 1.08 bits per heavy atom. The van der Waals surface area contributed by atoms with Gasteiger partial charge < -0.3 is 5.32 Å². The second-order valence-corrected chi connectivity index (χ2v) is 4.08. The molecular formula is C10H24N2. The molecule has 0 aromatic carbocycles. The number of rotatable bonds is 6. The minimum absolute atomic E-state index is 0.479. The van der Waals surface area contributed by atoms with Crippen LogP contribution < -0.4 is 10.6 Å². The van der Waals surface area contributed by atoms with Gasteiger partial charge in [0.15, 0.2) is 0 Å². The summed E-state index contributed by atoms with van der Waals surface area (Å²) in [6.07, 6.45) is 1.62. The van der Waals surface area contributed by atoms with Crippen molar-refractivity contribution in [1.29, 1.82) is 0 Å². The maximum Gasteiger partial charge on any atom is 0.0571 e. The van der Waals surface area contributed by atoms with Gasteiger partial charge in [-0.15, -0.1) is 0 Å². The summed E-state index contributed by atoms with van der Waals surface area (Å²) in [6.45, 7) is 12.1. The highest BCUT2D eigenvalue weighted by atomic mass is 15.1. The van der Waals surface area contributed by atoms with Crippen LogP contribution in [-0.4, -0.2) is 18.8 Å². The van der Waals surface area contributed by atoms with Gasteiger partial charge in [0.05, 0.1) is 6.17 Å². The van der Waals surface area contributed by atoms with Crippen LogP contribution >= 0.6 is 0 Å². The first-order valence-corrected chi connectivity index (χ1v) is 5.05. The van der Waals surface area contributed by atoms with E-state index in [-0.39, 0.29) is 0 Å². The maximum atomic E-state index is 3.49. The lowest BCUT2D eigenvalue weighted by atomic mass is 10.2. The predicted molar refractivity (Wildman–Crippen MR) is 55.2 cm³/mol. The molecule has 2 heteroatoms. The number of hydrogen-bond acceptors (Lipinski definition) is 2. The summed E-state index contributed by atoms with van der Waals surface area (Å²) >= 11 is 0. The quantitative estimate of drug-likeness (QED) is 0.599. The van der Waals surface area contributed by atoms with Crippen molar-refractivity contribution < 1.29 is 0 Å². The summed E-state index contributed by atoms with van der Waals surface area (Å²) in [5, 5.41) is 6.96. The molecule has 0 saturated carbocycles. The molecule has 0 bridgehead atoms. The molecule has 74 valence electrons. The molecule has 0 spiro atoms. The molecule has 0 aromatic rings. The molecule has 0 fully saturated rings. The summed E-state index contributed by atoms with van der Waals surface area (Å²) in [6, 6.07) is 0.564. The fourth-order valence-corrected chi connectivity index (χ4v) is 1.10. The molecule has 2 N–H and O–H groups in total. The fourth-order valence-electron chi connectivity index (χ4n) is 1.10. The van der Waals surface area contributed by atoms with Crippen molar-refractivity contribution in [1.82, 2.24) is 10.6 Å². The van der Waals surface area contributed by atoms with Gasteiger partial charge in [0.1, 0.15) is 0 Å². The molecule has 0 aliphatic rings. The van der Waals surface area contributed by atoms with Gasteiger partial charge in [-0.2, -0.15) is 0 Å².